The van der Waals surface area contributed by atoms with E-state index in [4.69, 9.17) is 13.6 Å². The first kappa shape index (κ1) is 13.1. The number of morpholine rings is 1. The summed E-state index contributed by atoms with van der Waals surface area (Å²) in [6.45, 7) is 8.11. The maximum atomic E-state index is 5.51. The number of ether oxygens (including phenoxy) is 1. The van der Waals surface area contributed by atoms with Crippen molar-refractivity contribution >= 4 is 8.56 Å². The Kier molecular flexibility index (Phi) is 5.21. The topological polar surface area (TPSA) is 30.9 Å². The van der Waals surface area contributed by atoms with Crippen LogP contribution in [0, 0.1) is 0 Å². The zero-order valence-electron chi connectivity index (χ0n) is 10.3. The fraction of sp³-hybridized carbons (Fsp3) is 1.00. The summed E-state index contributed by atoms with van der Waals surface area (Å²) in [5.74, 6) is 0. The van der Waals surface area contributed by atoms with Crippen LogP contribution in [-0.4, -0.2) is 60.0 Å². The second kappa shape index (κ2) is 5.96. The van der Waals surface area contributed by atoms with Gasteiger partial charge in [-0.25, -0.2) is 0 Å². The highest BCUT2D eigenvalue weighted by atomic mass is 28.4. The van der Waals surface area contributed by atoms with Gasteiger partial charge in [-0.05, 0) is 13.5 Å². The van der Waals surface area contributed by atoms with Crippen LogP contribution in [0.2, 0.25) is 12.6 Å². The molecular weight excluding hydrogens is 210 g/mol. The van der Waals surface area contributed by atoms with Gasteiger partial charge in [0, 0.05) is 39.4 Å². The normalized spacial score (nSPS) is 21.6. The van der Waals surface area contributed by atoms with E-state index in [1.165, 1.54) is 0 Å². The van der Waals surface area contributed by atoms with Gasteiger partial charge in [-0.2, -0.15) is 0 Å². The van der Waals surface area contributed by atoms with Gasteiger partial charge in [0.05, 0.1) is 13.2 Å². The zero-order chi connectivity index (χ0) is 11.3. The van der Waals surface area contributed by atoms with Gasteiger partial charge in [-0.15, -0.1) is 0 Å². The Labute approximate surface area is 93.7 Å². The molecule has 1 rings (SSSR count). The van der Waals surface area contributed by atoms with Crippen molar-refractivity contribution in [3.05, 3.63) is 0 Å². The predicted molar refractivity (Wildman–Crippen MR) is 62.3 cm³/mol. The third-order valence-corrected chi connectivity index (χ3v) is 6.26. The van der Waals surface area contributed by atoms with Crippen LogP contribution in [0.5, 0.6) is 0 Å². The molecule has 0 aromatic carbocycles. The largest absolute Gasteiger partial charge is 0.398 e. The summed E-state index contributed by atoms with van der Waals surface area (Å²) in [7, 11) is 1.58. The maximum absolute atomic E-state index is 5.51. The van der Waals surface area contributed by atoms with Crippen LogP contribution in [0.15, 0.2) is 0 Å². The van der Waals surface area contributed by atoms with Gasteiger partial charge >= 0.3 is 8.56 Å². The molecule has 1 aliphatic heterocycles. The Morgan fingerprint density at radius 2 is 1.80 bits per heavy atom. The van der Waals surface area contributed by atoms with Crippen molar-refractivity contribution in [3.63, 3.8) is 0 Å². The Hall–Kier alpha value is 0.0569. The van der Waals surface area contributed by atoms with Crippen LogP contribution in [0.4, 0.5) is 0 Å². The van der Waals surface area contributed by atoms with E-state index >= 15 is 0 Å². The van der Waals surface area contributed by atoms with Gasteiger partial charge in [0.1, 0.15) is 0 Å². The van der Waals surface area contributed by atoms with E-state index < -0.39 is 8.56 Å². The van der Waals surface area contributed by atoms with E-state index in [0.717, 1.165) is 32.3 Å². The predicted octanol–water partition coefficient (Wildman–Crippen LogP) is 1.07. The SMILES string of the molecule is CO[Si](C)(CC(C)N1CCOCC1)OC. The highest BCUT2D eigenvalue weighted by Gasteiger charge is 2.33. The molecule has 0 aromatic heterocycles. The van der Waals surface area contributed by atoms with Gasteiger partial charge in [-0.1, -0.05) is 0 Å². The van der Waals surface area contributed by atoms with Crippen molar-refractivity contribution in [3.8, 4) is 0 Å². The Morgan fingerprint density at radius 1 is 1.27 bits per heavy atom. The van der Waals surface area contributed by atoms with E-state index in [1.54, 1.807) is 14.2 Å². The minimum absolute atomic E-state index is 0.519. The summed E-state index contributed by atoms with van der Waals surface area (Å²) in [6.07, 6.45) is 0. The second-order valence-corrected chi connectivity index (χ2v) is 7.74. The molecule has 1 saturated heterocycles. The van der Waals surface area contributed by atoms with Gasteiger partial charge in [0.15, 0.2) is 0 Å². The molecule has 90 valence electrons. The van der Waals surface area contributed by atoms with Crippen LogP contribution in [0.1, 0.15) is 6.92 Å². The monoisotopic (exact) mass is 233 g/mol. The van der Waals surface area contributed by atoms with Gasteiger partial charge < -0.3 is 13.6 Å². The smallest absolute Gasteiger partial charge is 0.335 e. The molecule has 5 heteroatoms. The lowest BCUT2D eigenvalue weighted by atomic mass is 10.3. The Bertz CT molecular complexity index is 182. The minimum Gasteiger partial charge on any atom is -0.398 e. The fourth-order valence-corrected chi connectivity index (χ4v) is 3.77. The van der Waals surface area contributed by atoms with Gasteiger partial charge in [-0.3, -0.25) is 4.90 Å². The molecule has 0 radical (unpaired) electrons. The quantitative estimate of drug-likeness (QED) is 0.665. The van der Waals surface area contributed by atoms with E-state index in [1.807, 2.05) is 0 Å². The lowest BCUT2D eigenvalue weighted by molar-refractivity contribution is 0.0218. The van der Waals surface area contributed by atoms with Crippen molar-refractivity contribution < 1.29 is 13.6 Å². The number of hydrogen-bond acceptors (Lipinski definition) is 4. The Morgan fingerprint density at radius 3 is 2.27 bits per heavy atom. The molecule has 15 heavy (non-hydrogen) atoms. The average Bonchev–Trinajstić information content (AvgIpc) is 2.30. The summed E-state index contributed by atoms with van der Waals surface area (Å²) >= 11 is 0. The number of nitrogens with zero attached hydrogens (tertiary/aromatic N) is 1. The average molecular weight is 233 g/mol. The summed E-state index contributed by atoms with van der Waals surface area (Å²) in [6, 6.07) is 1.53. The van der Waals surface area contributed by atoms with Crippen molar-refractivity contribution in [1.82, 2.24) is 4.90 Å². The molecule has 1 heterocycles. The van der Waals surface area contributed by atoms with E-state index in [2.05, 4.69) is 18.4 Å². The van der Waals surface area contributed by atoms with Crippen LogP contribution < -0.4 is 0 Å². The summed E-state index contributed by atoms with van der Waals surface area (Å²) in [5, 5.41) is 0. The molecule has 4 nitrogen and oxygen atoms in total. The standard InChI is InChI=1S/C10H23NO3Si/c1-10(9-15(4,12-2)13-3)11-5-7-14-8-6-11/h10H,5-9H2,1-4H3. The lowest BCUT2D eigenvalue weighted by Crippen LogP contribution is -2.48. The molecule has 0 bridgehead atoms. The van der Waals surface area contributed by atoms with Crippen molar-refractivity contribution in [2.75, 3.05) is 40.5 Å². The first-order valence-corrected chi connectivity index (χ1v) is 8.06. The maximum Gasteiger partial charge on any atom is 0.335 e. The third kappa shape index (κ3) is 3.84. The number of rotatable bonds is 5. The molecule has 1 atom stereocenters. The summed E-state index contributed by atoms with van der Waals surface area (Å²) in [4.78, 5) is 2.45. The van der Waals surface area contributed by atoms with Gasteiger partial charge in [0.2, 0.25) is 0 Å². The first-order valence-electron chi connectivity index (χ1n) is 5.53. The van der Waals surface area contributed by atoms with Crippen LogP contribution >= 0.6 is 0 Å². The molecule has 0 amide bonds. The molecule has 1 aliphatic rings. The Balaban J connectivity index is 2.41. The van der Waals surface area contributed by atoms with E-state index in [9.17, 15) is 0 Å². The van der Waals surface area contributed by atoms with Crippen LogP contribution in [0.25, 0.3) is 0 Å². The van der Waals surface area contributed by atoms with Crippen molar-refractivity contribution in [1.29, 1.82) is 0 Å². The van der Waals surface area contributed by atoms with Gasteiger partial charge in [0.25, 0.3) is 0 Å². The third-order valence-electron chi connectivity index (χ3n) is 3.20. The van der Waals surface area contributed by atoms with Crippen molar-refractivity contribution in [2.45, 2.75) is 25.6 Å². The molecule has 0 aliphatic carbocycles. The second-order valence-electron chi connectivity index (χ2n) is 4.24. The minimum atomic E-state index is -1.93. The van der Waals surface area contributed by atoms with E-state index in [-0.39, 0.29) is 0 Å². The highest BCUT2D eigenvalue weighted by Crippen LogP contribution is 2.18. The number of hydrogen-bond donors (Lipinski definition) is 0. The molecule has 0 N–H and O–H groups in total. The molecule has 1 fully saturated rings. The van der Waals surface area contributed by atoms with Crippen LogP contribution in [-0.2, 0) is 13.6 Å². The molecule has 0 aromatic rings. The fourth-order valence-electron chi connectivity index (χ4n) is 1.93. The van der Waals surface area contributed by atoms with Crippen molar-refractivity contribution in [2.24, 2.45) is 0 Å². The molecule has 0 saturated carbocycles. The zero-order valence-corrected chi connectivity index (χ0v) is 11.3. The molecular formula is C10H23NO3Si. The molecule has 0 spiro atoms. The van der Waals surface area contributed by atoms with Crippen LogP contribution in [0.3, 0.4) is 0 Å². The van der Waals surface area contributed by atoms with E-state index in [0.29, 0.717) is 6.04 Å². The first-order chi connectivity index (χ1) is 7.11. The summed E-state index contributed by atoms with van der Waals surface area (Å²) < 4.78 is 16.4. The lowest BCUT2D eigenvalue weighted by Gasteiger charge is -2.35. The summed E-state index contributed by atoms with van der Waals surface area (Å²) in [5.41, 5.74) is 0. The molecule has 1 unspecified atom stereocenters. The highest BCUT2D eigenvalue weighted by molar-refractivity contribution is 6.66.